The molecule has 1 saturated heterocycles. The molecule has 0 aromatic rings. The zero-order valence-corrected chi connectivity index (χ0v) is 17.2. The molecule has 10 nitrogen and oxygen atoms in total. The van der Waals surface area contributed by atoms with E-state index >= 15 is 0 Å². The number of likely N-dealkylation sites (tertiary alicyclic amines) is 1. The van der Waals surface area contributed by atoms with Gasteiger partial charge in [0.1, 0.15) is 5.60 Å². The highest BCUT2D eigenvalue weighted by Crippen LogP contribution is 2.13. The number of unbranched alkanes of at least 4 members (excludes halogenated alkanes) is 1. The van der Waals surface area contributed by atoms with Crippen LogP contribution in [0, 0.1) is 0 Å². The van der Waals surface area contributed by atoms with Crippen molar-refractivity contribution >= 4 is 22.2 Å². The molecule has 2 amide bonds. The van der Waals surface area contributed by atoms with Gasteiger partial charge in [-0.25, -0.2) is 9.93 Å². The van der Waals surface area contributed by atoms with Crippen molar-refractivity contribution < 1.29 is 22.7 Å². The second-order valence-electron chi connectivity index (χ2n) is 7.79. The molecule has 0 aromatic heterocycles. The quantitative estimate of drug-likeness (QED) is 0.408. The number of alkyl carbamates (subject to hydrolysis) is 1. The fraction of sp³-hybridized carbons (Fsp3) is 0.875. The molecule has 6 N–H and O–H groups in total. The molecule has 0 aromatic carbocycles. The molecule has 1 fully saturated rings. The first-order valence-electron chi connectivity index (χ1n) is 9.18. The summed E-state index contributed by atoms with van der Waals surface area (Å²) in [6.07, 6.45) is 2.47. The van der Waals surface area contributed by atoms with E-state index < -0.39 is 27.9 Å². The van der Waals surface area contributed by atoms with E-state index in [1.54, 1.807) is 25.7 Å². The number of nitrogens with zero attached hydrogens (tertiary/aromatic N) is 1. The number of amides is 2. The maximum Gasteiger partial charge on any atom is 0.407 e. The third-order valence-electron chi connectivity index (χ3n) is 4.06. The zero-order valence-electron chi connectivity index (χ0n) is 16.4. The Bertz CT molecular complexity index is 597. The first kappa shape index (κ1) is 23.6. The number of hydrogen-bond donors (Lipinski definition) is 4. The lowest BCUT2D eigenvalue weighted by Gasteiger charge is -2.33. The standard InChI is InChI=1S/C16H33N5O5S/c1-16(2,3)26-15(23)19-9-5-4-6-13(17)14(22)21-10-7-12(8-11-21)20-27(18,24)25/h12-13,20H,4-11,17H2,1-3H3,(H,19,23)(H2,18,24,25). The van der Waals surface area contributed by atoms with Crippen LogP contribution >= 0.6 is 0 Å². The molecule has 1 unspecified atom stereocenters. The number of piperidine rings is 1. The number of nitrogens with two attached hydrogens (primary N) is 2. The number of ether oxygens (including phenoxy) is 1. The Kier molecular flexibility index (Phi) is 8.92. The minimum Gasteiger partial charge on any atom is -0.444 e. The molecule has 1 heterocycles. The monoisotopic (exact) mass is 407 g/mol. The average molecular weight is 408 g/mol. The topological polar surface area (TPSA) is 157 Å². The molecule has 27 heavy (non-hydrogen) atoms. The van der Waals surface area contributed by atoms with Crippen LogP contribution in [0.5, 0.6) is 0 Å². The Morgan fingerprint density at radius 1 is 1.22 bits per heavy atom. The first-order valence-corrected chi connectivity index (χ1v) is 10.7. The van der Waals surface area contributed by atoms with E-state index in [0.717, 1.165) is 0 Å². The zero-order chi connectivity index (χ0) is 20.7. The summed E-state index contributed by atoms with van der Waals surface area (Å²) in [6.45, 7) is 6.74. The van der Waals surface area contributed by atoms with Crippen molar-refractivity contribution in [2.24, 2.45) is 10.9 Å². The molecular weight excluding hydrogens is 374 g/mol. The fourth-order valence-electron chi connectivity index (χ4n) is 2.80. The van der Waals surface area contributed by atoms with Gasteiger partial charge < -0.3 is 20.7 Å². The Hall–Kier alpha value is -1.43. The largest absolute Gasteiger partial charge is 0.444 e. The van der Waals surface area contributed by atoms with Gasteiger partial charge in [0, 0.05) is 25.7 Å². The van der Waals surface area contributed by atoms with E-state index in [0.29, 0.717) is 51.7 Å². The molecule has 1 atom stereocenters. The average Bonchev–Trinajstić information content (AvgIpc) is 2.51. The minimum absolute atomic E-state index is 0.135. The third-order valence-corrected chi connectivity index (χ3v) is 4.73. The lowest BCUT2D eigenvalue weighted by Crippen LogP contribution is -2.51. The molecule has 1 aliphatic rings. The minimum atomic E-state index is -3.73. The van der Waals surface area contributed by atoms with Crippen LogP contribution in [-0.2, 0) is 19.7 Å². The molecule has 1 aliphatic heterocycles. The number of carbonyl (C=O) groups excluding carboxylic acids is 2. The van der Waals surface area contributed by atoms with Crippen LogP contribution < -0.4 is 20.9 Å². The van der Waals surface area contributed by atoms with Gasteiger partial charge in [0.2, 0.25) is 5.91 Å². The lowest BCUT2D eigenvalue weighted by atomic mass is 10.0. The van der Waals surface area contributed by atoms with Crippen molar-refractivity contribution in [3.8, 4) is 0 Å². The number of hydrogen-bond acceptors (Lipinski definition) is 6. The van der Waals surface area contributed by atoms with Gasteiger partial charge >= 0.3 is 6.09 Å². The summed E-state index contributed by atoms with van der Waals surface area (Å²) >= 11 is 0. The van der Waals surface area contributed by atoms with Crippen LogP contribution in [0.4, 0.5) is 4.79 Å². The summed E-state index contributed by atoms with van der Waals surface area (Å²) in [4.78, 5) is 25.5. The van der Waals surface area contributed by atoms with Gasteiger partial charge in [-0.15, -0.1) is 0 Å². The first-order chi connectivity index (χ1) is 12.4. The van der Waals surface area contributed by atoms with Crippen molar-refractivity contribution in [2.75, 3.05) is 19.6 Å². The van der Waals surface area contributed by atoms with Crippen LogP contribution in [0.2, 0.25) is 0 Å². The third kappa shape index (κ3) is 10.5. The summed E-state index contributed by atoms with van der Waals surface area (Å²) in [5.74, 6) is -0.135. The summed E-state index contributed by atoms with van der Waals surface area (Å²) in [7, 11) is -3.73. The molecular formula is C16H33N5O5S. The predicted octanol–water partition coefficient (Wildman–Crippen LogP) is -0.207. The smallest absolute Gasteiger partial charge is 0.407 e. The Labute approximate surface area is 161 Å². The molecule has 0 aliphatic carbocycles. The van der Waals surface area contributed by atoms with E-state index in [-0.39, 0.29) is 11.9 Å². The van der Waals surface area contributed by atoms with E-state index in [4.69, 9.17) is 15.6 Å². The Morgan fingerprint density at radius 3 is 2.33 bits per heavy atom. The number of carbonyl (C=O) groups is 2. The van der Waals surface area contributed by atoms with Gasteiger partial charge in [0.15, 0.2) is 0 Å². The number of rotatable bonds is 8. The van der Waals surface area contributed by atoms with Gasteiger partial charge in [-0.05, 0) is 52.9 Å². The van der Waals surface area contributed by atoms with Crippen molar-refractivity contribution in [1.29, 1.82) is 0 Å². The van der Waals surface area contributed by atoms with Crippen LogP contribution in [0.3, 0.4) is 0 Å². The van der Waals surface area contributed by atoms with Crippen LogP contribution in [0.25, 0.3) is 0 Å². The second kappa shape index (κ2) is 10.2. The van der Waals surface area contributed by atoms with Crippen LogP contribution in [0.15, 0.2) is 0 Å². The van der Waals surface area contributed by atoms with Crippen molar-refractivity contribution in [3.05, 3.63) is 0 Å². The summed E-state index contributed by atoms with van der Waals surface area (Å²) in [5, 5.41) is 7.63. The van der Waals surface area contributed by atoms with Crippen molar-refractivity contribution in [3.63, 3.8) is 0 Å². The summed E-state index contributed by atoms with van der Waals surface area (Å²) in [5.41, 5.74) is 5.44. The maximum atomic E-state index is 12.4. The summed E-state index contributed by atoms with van der Waals surface area (Å²) in [6, 6.07) is -0.853. The Balaban J connectivity index is 2.21. The molecule has 0 spiro atoms. The highest BCUT2D eigenvalue weighted by Gasteiger charge is 2.27. The maximum absolute atomic E-state index is 12.4. The molecule has 0 bridgehead atoms. The van der Waals surface area contributed by atoms with Crippen LogP contribution in [-0.4, -0.2) is 62.6 Å². The molecule has 158 valence electrons. The SMILES string of the molecule is CC(C)(C)OC(=O)NCCCCC(N)C(=O)N1CCC(NS(N)(=O)=O)CC1. The highest BCUT2D eigenvalue weighted by molar-refractivity contribution is 7.87. The van der Waals surface area contributed by atoms with Gasteiger partial charge in [0.05, 0.1) is 6.04 Å². The molecule has 0 saturated carbocycles. The normalized spacial score (nSPS) is 17.4. The molecule has 11 heteroatoms. The molecule has 0 radical (unpaired) electrons. The fourth-order valence-corrected chi connectivity index (χ4v) is 3.50. The van der Waals surface area contributed by atoms with E-state index in [2.05, 4.69) is 10.0 Å². The van der Waals surface area contributed by atoms with Gasteiger partial charge in [-0.1, -0.05) is 0 Å². The van der Waals surface area contributed by atoms with E-state index in [1.165, 1.54) is 0 Å². The predicted molar refractivity (Wildman–Crippen MR) is 102 cm³/mol. The van der Waals surface area contributed by atoms with E-state index in [9.17, 15) is 18.0 Å². The highest BCUT2D eigenvalue weighted by atomic mass is 32.2. The van der Waals surface area contributed by atoms with Crippen molar-refractivity contribution in [1.82, 2.24) is 14.9 Å². The van der Waals surface area contributed by atoms with Crippen molar-refractivity contribution in [2.45, 2.75) is 70.6 Å². The Morgan fingerprint density at radius 2 is 1.81 bits per heavy atom. The van der Waals surface area contributed by atoms with E-state index in [1.807, 2.05) is 0 Å². The second-order valence-corrected chi connectivity index (χ2v) is 9.12. The molecule has 1 rings (SSSR count). The van der Waals surface area contributed by atoms with Gasteiger partial charge in [-0.2, -0.15) is 13.1 Å². The summed E-state index contributed by atoms with van der Waals surface area (Å²) < 4.78 is 29.6. The van der Waals surface area contributed by atoms with Gasteiger partial charge in [0.25, 0.3) is 10.2 Å². The lowest BCUT2D eigenvalue weighted by molar-refractivity contribution is -0.133. The van der Waals surface area contributed by atoms with Gasteiger partial charge in [-0.3, -0.25) is 4.79 Å². The van der Waals surface area contributed by atoms with Crippen LogP contribution in [0.1, 0.15) is 52.9 Å². The number of nitrogens with one attached hydrogen (secondary N) is 2.